The molecule has 0 spiro atoms. The van der Waals surface area contributed by atoms with Crippen molar-refractivity contribution in [2.45, 2.75) is 18.3 Å². The Kier molecular flexibility index (Phi) is 2.58. The van der Waals surface area contributed by atoms with Gasteiger partial charge in [-0.05, 0) is 0 Å². The van der Waals surface area contributed by atoms with Crippen LogP contribution in [-0.4, -0.2) is 46.7 Å². The molecule has 0 saturated carbocycles. The van der Waals surface area contributed by atoms with Crippen molar-refractivity contribution in [3.8, 4) is 0 Å². The van der Waals surface area contributed by atoms with Crippen molar-refractivity contribution in [1.82, 2.24) is 10.9 Å². The Balaban J connectivity index is 2.46. The minimum absolute atomic E-state index is 0.248. The minimum atomic E-state index is -1.05. The molecule has 60 valence electrons. The quantitative estimate of drug-likeness (QED) is 0.256. The predicted octanol–water partition coefficient (Wildman–Crippen LogP) is -2.82. The van der Waals surface area contributed by atoms with Crippen LogP contribution in [0.2, 0.25) is 0 Å². The summed E-state index contributed by atoms with van der Waals surface area (Å²) >= 11 is 0. The number of aliphatic hydroxyl groups is 3. The molecular weight excluding hydrogens is 136 g/mol. The molecule has 10 heavy (non-hydrogen) atoms. The van der Waals surface area contributed by atoms with E-state index < -0.39 is 18.3 Å². The zero-order valence-corrected chi connectivity index (χ0v) is 5.49. The van der Waals surface area contributed by atoms with Crippen LogP contribution in [0.15, 0.2) is 0 Å². The van der Waals surface area contributed by atoms with Gasteiger partial charge in [0.15, 0.2) is 0 Å². The maximum atomic E-state index is 9.05. The van der Waals surface area contributed by atoms with E-state index in [0.717, 1.165) is 0 Å². The first-order chi connectivity index (χ1) is 4.72. The molecule has 1 rings (SSSR count). The molecule has 0 radical (unpaired) electrons. The van der Waals surface area contributed by atoms with Gasteiger partial charge >= 0.3 is 0 Å². The van der Waals surface area contributed by atoms with Gasteiger partial charge in [0, 0.05) is 13.1 Å². The maximum Gasteiger partial charge on any atom is 0.108 e. The van der Waals surface area contributed by atoms with Gasteiger partial charge in [-0.15, -0.1) is 0 Å². The van der Waals surface area contributed by atoms with E-state index in [0.29, 0.717) is 0 Å². The average Bonchev–Trinajstić information content (AvgIpc) is 2.04. The van der Waals surface area contributed by atoms with E-state index in [1.54, 1.807) is 0 Å². The van der Waals surface area contributed by atoms with Crippen molar-refractivity contribution in [1.29, 1.82) is 0 Å². The highest BCUT2D eigenvalue weighted by atomic mass is 16.4. The van der Waals surface area contributed by atoms with Crippen molar-refractivity contribution in [3.05, 3.63) is 0 Å². The smallest absolute Gasteiger partial charge is 0.108 e. The number of aliphatic hydroxyl groups excluding tert-OH is 3. The Hall–Kier alpha value is -0.200. The summed E-state index contributed by atoms with van der Waals surface area (Å²) in [5, 5.41) is 27.1. The van der Waals surface area contributed by atoms with E-state index in [2.05, 4.69) is 10.9 Å². The molecule has 1 saturated heterocycles. The van der Waals surface area contributed by atoms with Crippen LogP contribution in [0.4, 0.5) is 0 Å². The van der Waals surface area contributed by atoms with E-state index >= 15 is 0 Å². The Morgan fingerprint density at radius 3 is 1.70 bits per heavy atom. The standard InChI is InChI=1S/C5H12N2O3/c8-3-1-6-7-2-4(9)5(3)10/h3-10H,1-2H2. The van der Waals surface area contributed by atoms with Gasteiger partial charge in [-0.1, -0.05) is 0 Å². The fourth-order valence-electron chi connectivity index (χ4n) is 0.851. The molecule has 0 aliphatic carbocycles. The Labute approximate surface area is 58.6 Å². The zero-order chi connectivity index (χ0) is 7.56. The largest absolute Gasteiger partial charge is 0.389 e. The lowest BCUT2D eigenvalue weighted by Gasteiger charge is -2.17. The summed E-state index contributed by atoms with van der Waals surface area (Å²) < 4.78 is 0. The molecule has 0 amide bonds. The van der Waals surface area contributed by atoms with Gasteiger partial charge in [0.2, 0.25) is 0 Å². The highest BCUT2D eigenvalue weighted by Crippen LogP contribution is 2.00. The second-order valence-electron chi connectivity index (χ2n) is 2.39. The van der Waals surface area contributed by atoms with Gasteiger partial charge in [-0.2, -0.15) is 0 Å². The fourth-order valence-corrected chi connectivity index (χ4v) is 0.851. The molecule has 1 heterocycles. The van der Waals surface area contributed by atoms with Crippen LogP contribution in [0.3, 0.4) is 0 Å². The van der Waals surface area contributed by atoms with Crippen molar-refractivity contribution in [2.75, 3.05) is 13.1 Å². The number of nitrogens with one attached hydrogen (secondary N) is 2. The lowest BCUT2D eigenvalue weighted by atomic mass is 10.1. The minimum Gasteiger partial charge on any atom is -0.389 e. The number of rotatable bonds is 0. The highest BCUT2D eigenvalue weighted by Gasteiger charge is 2.26. The summed E-state index contributed by atoms with van der Waals surface area (Å²) in [4.78, 5) is 0. The van der Waals surface area contributed by atoms with Gasteiger partial charge in [0.1, 0.15) is 6.10 Å². The van der Waals surface area contributed by atoms with Crippen LogP contribution >= 0.6 is 0 Å². The SMILES string of the molecule is OC1CNNCC(O)C1O. The molecule has 5 heteroatoms. The number of β-amino-alcohol motifs (C(OH)–C–C–N with tert-alkyl or cyclic N) is 2. The van der Waals surface area contributed by atoms with Gasteiger partial charge in [0.05, 0.1) is 12.2 Å². The summed E-state index contributed by atoms with van der Waals surface area (Å²) in [6, 6.07) is 0. The van der Waals surface area contributed by atoms with Crippen LogP contribution in [0, 0.1) is 0 Å². The molecule has 0 aromatic carbocycles. The van der Waals surface area contributed by atoms with Crippen LogP contribution in [-0.2, 0) is 0 Å². The highest BCUT2D eigenvalue weighted by molar-refractivity contribution is 4.80. The van der Waals surface area contributed by atoms with E-state index in [-0.39, 0.29) is 13.1 Å². The van der Waals surface area contributed by atoms with Crippen LogP contribution in [0.5, 0.6) is 0 Å². The molecule has 1 aliphatic rings. The normalized spacial score (nSPS) is 42.9. The molecule has 1 fully saturated rings. The Bertz CT molecular complexity index is 99.1. The summed E-state index contributed by atoms with van der Waals surface area (Å²) in [6.45, 7) is 0.496. The van der Waals surface area contributed by atoms with E-state index in [1.807, 2.05) is 0 Å². The van der Waals surface area contributed by atoms with Gasteiger partial charge < -0.3 is 15.3 Å². The van der Waals surface area contributed by atoms with Crippen molar-refractivity contribution >= 4 is 0 Å². The predicted molar refractivity (Wildman–Crippen MR) is 34.0 cm³/mol. The van der Waals surface area contributed by atoms with Gasteiger partial charge in [-0.3, -0.25) is 10.9 Å². The molecule has 0 aromatic rings. The number of hydrogen-bond acceptors (Lipinski definition) is 5. The van der Waals surface area contributed by atoms with Crippen LogP contribution < -0.4 is 10.9 Å². The fraction of sp³-hybridized carbons (Fsp3) is 1.00. The molecule has 2 unspecified atom stereocenters. The molecule has 1 aliphatic heterocycles. The third-order valence-electron chi connectivity index (χ3n) is 1.54. The summed E-state index contributed by atoms with van der Waals surface area (Å²) in [7, 11) is 0. The second kappa shape index (κ2) is 3.27. The first kappa shape index (κ1) is 7.90. The Morgan fingerprint density at radius 2 is 1.30 bits per heavy atom. The van der Waals surface area contributed by atoms with Crippen LogP contribution in [0.25, 0.3) is 0 Å². The van der Waals surface area contributed by atoms with Gasteiger partial charge in [-0.25, -0.2) is 0 Å². The lowest BCUT2D eigenvalue weighted by molar-refractivity contribution is -0.0461. The molecule has 5 nitrogen and oxygen atoms in total. The lowest BCUT2D eigenvalue weighted by Crippen LogP contribution is -2.39. The second-order valence-corrected chi connectivity index (χ2v) is 2.39. The van der Waals surface area contributed by atoms with Crippen LogP contribution in [0.1, 0.15) is 0 Å². The average molecular weight is 148 g/mol. The molecule has 0 aromatic heterocycles. The topological polar surface area (TPSA) is 84.8 Å². The monoisotopic (exact) mass is 148 g/mol. The summed E-state index contributed by atoms with van der Waals surface area (Å²) in [5.41, 5.74) is 5.28. The number of hydrogen-bond donors (Lipinski definition) is 5. The maximum absolute atomic E-state index is 9.05. The third kappa shape index (κ3) is 1.65. The van der Waals surface area contributed by atoms with Gasteiger partial charge in [0.25, 0.3) is 0 Å². The first-order valence-corrected chi connectivity index (χ1v) is 3.21. The summed E-state index contributed by atoms with van der Waals surface area (Å²) in [6.07, 6.45) is -2.85. The summed E-state index contributed by atoms with van der Waals surface area (Å²) in [5.74, 6) is 0. The van der Waals surface area contributed by atoms with Crippen molar-refractivity contribution < 1.29 is 15.3 Å². The third-order valence-corrected chi connectivity index (χ3v) is 1.54. The molecular formula is C5H12N2O3. The zero-order valence-electron chi connectivity index (χ0n) is 5.49. The molecule has 5 N–H and O–H groups in total. The van der Waals surface area contributed by atoms with E-state index in [9.17, 15) is 0 Å². The molecule has 0 bridgehead atoms. The Morgan fingerprint density at radius 1 is 0.900 bits per heavy atom. The van der Waals surface area contributed by atoms with Crippen molar-refractivity contribution in [3.63, 3.8) is 0 Å². The van der Waals surface area contributed by atoms with E-state index in [4.69, 9.17) is 15.3 Å². The first-order valence-electron chi connectivity index (χ1n) is 3.21. The molecule has 2 atom stereocenters. The van der Waals surface area contributed by atoms with E-state index in [1.165, 1.54) is 0 Å². The number of hydrazine groups is 1. The van der Waals surface area contributed by atoms with Crippen molar-refractivity contribution in [2.24, 2.45) is 0 Å².